The number of benzene rings is 2. The number of nitrogens with zero attached hydrogens (tertiary/aromatic N) is 4. The van der Waals surface area contributed by atoms with Gasteiger partial charge in [-0.05, 0) is 75.9 Å². The Bertz CT molecular complexity index is 1360. The molecule has 3 aromatic rings. The fraction of sp³-hybridized carbons (Fsp3) is 0.400. The minimum Gasteiger partial charge on any atom is -0.340 e. The lowest BCUT2D eigenvalue weighted by Crippen LogP contribution is -2.47. The Morgan fingerprint density at radius 2 is 1.79 bits per heavy atom. The monoisotopic (exact) mass is 530 g/mol. The van der Waals surface area contributed by atoms with E-state index in [-0.39, 0.29) is 36.0 Å². The molecule has 9 heteroatoms. The van der Waals surface area contributed by atoms with Crippen molar-refractivity contribution in [1.29, 1.82) is 0 Å². The van der Waals surface area contributed by atoms with E-state index in [9.17, 15) is 14.4 Å². The van der Waals surface area contributed by atoms with Crippen LogP contribution in [0.3, 0.4) is 0 Å². The summed E-state index contributed by atoms with van der Waals surface area (Å²) in [7, 11) is 0. The van der Waals surface area contributed by atoms with Crippen molar-refractivity contribution in [3.05, 3.63) is 82.1 Å². The Balaban J connectivity index is 1.36. The second-order valence-electron chi connectivity index (χ2n) is 10.3. The third-order valence-corrected chi connectivity index (χ3v) is 7.16. The molecule has 4 rings (SSSR count). The van der Waals surface area contributed by atoms with Crippen LogP contribution in [0.2, 0.25) is 0 Å². The van der Waals surface area contributed by atoms with Gasteiger partial charge in [-0.3, -0.25) is 9.59 Å². The van der Waals surface area contributed by atoms with Crippen LogP contribution in [0, 0.1) is 12.8 Å². The first-order valence-corrected chi connectivity index (χ1v) is 13.6. The fourth-order valence-corrected chi connectivity index (χ4v) is 4.94. The lowest BCUT2D eigenvalue weighted by Gasteiger charge is -2.35. The van der Waals surface area contributed by atoms with Crippen LogP contribution in [0.5, 0.6) is 0 Å². The highest BCUT2D eigenvalue weighted by molar-refractivity contribution is 5.89. The third kappa shape index (κ3) is 7.04. The van der Waals surface area contributed by atoms with Crippen LogP contribution in [0.1, 0.15) is 44.7 Å². The highest BCUT2D eigenvalue weighted by Crippen LogP contribution is 2.22. The summed E-state index contributed by atoms with van der Waals surface area (Å²) in [5.74, 6) is 0.717. The van der Waals surface area contributed by atoms with Crippen LogP contribution < -0.4 is 16.2 Å². The van der Waals surface area contributed by atoms with Crippen molar-refractivity contribution >= 4 is 29.1 Å². The lowest BCUT2D eigenvalue weighted by atomic mass is 9.95. The SMILES string of the molecule is CCN(C(=O)C1CCN(C(=O)Nc2cccc(Cn3nc(Nc4ccccc4C)ccc3=O)c2)CC1)C(C)C. The minimum atomic E-state index is -0.212. The van der Waals surface area contributed by atoms with E-state index in [1.54, 1.807) is 11.0 Å². The van der Waals surface area contributed by atoms with Gasteiger partial charge in [-0.25, -0.2) is 9.48 Å². The highest BCUT2D eigenvalue weighted by atomic mass is 16.2. The van der Waals surface area contributed by atoms with Gasteiger partial charge < -0.3 is 20.4 Å². The number of urea groups is 1. The smallest absolute Gasteiger partial charge is 0.321 e. The van der Waals surface area contributed by atoms with E-state index < -0.39 is 0 Å². The third-order valence-electron chi connectivity index (χ3n) is 7.16. The Labute approximate surface area is 229 Å². The van der Waals surface area contributed by atoms with Gasteiger partial charge in [0.1, 0.15) is 0 Å². The Kier molecular flexibility index (Phi) is 9.01. The quantitative estimate of drug-likeness (QED) is 0.434. The molecule has 2 N–H and O–H groups in total. The number of likely N-dealkylation sites (tertiary alicyclic amines) is 1. The molecule has 1 aliphatic heterocycles. The number of rotatable bonds is 8. The Morgan fingerprint density at radius 3 is 2.49 bits per heavy atom. The number of aryl methyl sites for hydroxylation is 1. The van der Waals surface area contributed by atoms with Crippen LogP contribution >= 0.6 is 0 Å². The van der Waals surface area contributed by atoms with Crippen LogP contribution in [-0.2, 0) is 11.3 Å². The fourth-order valence-electron chi connectivity index (χ4n) is 4.94. The van der Waals surface area contributed by atoms with Crippen LogP contribution in [0.15, 0.2) is 65.5 Å². The van der Waals surface area contributed by atoms with Crippen LogP contribution in [0.25, 0.3) is 0 Å². The maximum absolute atomic E-state index is 13.0. The number of carbonyl (C=O) groups is 2. The average Bonchev–Trinajstić information content (AvgIpc) is 2.92. The molecular weight excluding hydrogens is 492 g/mol. The summed E-state index contributed by atoms with van der Waals surface area (Å²) in [6.45, 7) is 10.1. The van der Waals surface area contributed by atoms with Crippen molar-refractivity contribution in [2.75, 3.05) is 30.3 Å². The molecule has 2 heterocycles. The van der Waals surface area contributed by atoms with E-state index in [1.165, 1.54) is 10.7 Å². The zero-order valence-electron chi connectivity index (χ0n) is 23.2. The van der Waals surface area contributed by atoms with Crippen molar-refractivity contribution in [2.45, 2.75) is 53.1 Å². The predicted molar refractivity (Wildman–Crippen MR) is 154 cm³/mol. The van der Waals surface area contributed by atoms with Gasteiger partial charge in [0.15, 0.2) is 5.82 Å². The van der Waals surface area contributed by atoms with Crippen molar-refractivity contribution < 1.29 is 9.59 Å². The number of aromatic nitrogens is 2. The van der Waals surface area contributed by atoms with Crippen molar-refractivity contribution in [2.24, 2.45) is 5.92 Å². The molecule has 1 aromatic heterocycles. The van der Waals surface area contributed by atoms with Crippen molar-refractivity contribution in [3.8, 4) is 0 Å². The Morgan fingerprint density at radius 1 is 1.05 bits per heavy atom. The van der Waals surface area contributed by atoms with E-state index in [2.05, 4.69) is 15.7 Å². The van der Waals surface area contributed by atoms with Gasteiger partial charge in [-0.1, -0.05) is 30.3 Å². The first-order valence-electron chi connectivity index (χ1n) is 13.6. The zero-order chi connectivity index (χ0) is 27.9. The van der Waals surface area contributed by atoms with Gasteiger partial charge >= 0.3 is 6.03 Å². The van der Waals surface area contributed by atoms with Gasteiger partial charge in [-0.2, -0.15) is 5.10 Å². The number of hydrogen-bond donors (Lipinski definition) is 2. The molecule has 39 heavy (non-hydrogen) atoms. The molecule has 0 unspecified atom stereocenters. The molecule has 9 nitrogen and oxygen atoms in total. The number of hydrogen-bond acceptors (Lipinski definition) is 5. The average molecular weight is 531 g/mol. The first-order chi connectivity index (χ1) is 18.7. The molecule has 0 radical (unpaired) electrons. The van der Waals surface area contributed by atoms with Crippen molar-refractivity contribution in [1.82, 2.24) is 19.6 Å². The molecule has 0 atom stereocenters. The largest absolute Gasteiger partial charge is 0.340 e. The van der Waals surface area contributed by atoms with Gasteiger partial charge in [-0.15, -0.1) is 0 Å². The number of amides is 3. The Hall–Kier alpha value is -4.14. The normalized spacial score (nSPS) is 13.8. The molecule has 1 fully saturated rings. The number of para-hydroxylation sites is 1. The zero-order valence-corrected chi connectivity index (χ0v) is 23.2. The van der Waals surface area contributed by atoms with Crippen LogP contribution in [-0.4, -0.2) is 57.2 Å². The molecule has 0 aliphatic carbocycles. The second kappa shape index (κ2) is 12.6. The van der Waals surface area contributed by atoms with Gasteiger partial charge in [0.05, 0.1) is 6.54 Å². The molecular formula is C30H38N6O3. The van der Waals surface area contributed by atoms with E-state index >= 15 is 0 Å². The predicted octanol–water partition coefficient (Wildman–Crippen LogP) is 4.84. The van der Waals surface area contributed by atoms with Gasteiger partial charge in [0, 0.05) is 49.0 Å². The van der Waals surface area contributed by atoms with Crippen molar-refractivity contribution in [3.63, 3.8) is 0 Å². The van der Waals surface area contributed by atoms with Gasteiger partial charge in [0.2, 0.25) is 5.91 Å². The maximum Gasteiger partial charge on any atom is 0.321 e. The first kappa shape index (κ1) is 27.9. The molecule has 0 bridgehead atoms. The maximum atomic E-state index is 13.0. The summed E-state index contributed by atoms with van der Waals surface area (Å²) in [4.78, 5) is 42.0. The summed E-state index contributed by atoms with van der Waals surface area (Å²) in [5.41, 5.74) is 3.28. The lowest BCUT2D eigenvalue weighted by molar-refractivity contribution is -0.138. The molecule has 3 amide bonds. The summed E-state index contributed by atoms with van der Waals surface area (Å²) in [6, 6.07) is 18.5. The molecule has 206 valence electrons. The number of carbonyl (C=O) groups excluding carboxylic acids is 2. The molecule has 0 spiro atoms. The van der Waals surface area contributed by atoms with E-state index in [0.717, 1.165) is 16.8 Å². The molecule has 1 aliphatic rings. The highest BCUT2D eigenvalue weighted by Gasteiger charge is 2.30. The number of nitrogens with one attached hydrogen (secondary N) is 2. The standard InChI is InChI=1S/C30H38N6O3/c1-5-35(21(2)3)29(38)24-15-17-34(18-16-24)30(39)31-25-11-8-10-23(19-25)20-36-28(37)14-13-27(33-36)32-26-12-7-6-9-22(26)4/h6-14,19,21,24H,5,15-18,20H2,1-4H3,(H,31,39)(H,32,33). The summed E-state index contributed by atoms with van der Waals surface area (Å²) >= 11 is 0. The molecule has 2 aromatic carbocycles. The van der Waals surface area contributed by atoms with E-state index in [1.807, 2.05) is 81.1 Å². The summed E-state index contributed by atoms with van der Waals surface area (Å²) < 4.78 is 1.40. The molecule has 1 saturated heterocycles. The van der Waals surface area contributed by atoms with Crippen LogP contribution in [0.4, 0.5) is 22.0 Å². The van der Waals surface area contributed by atoms with E-state index in [4.69, 9.17) is 0 Å². The summed E-state index contributed by atoms with van der Waals surface area (Å²) in [5, 5.41) is 10.7. The second-order valence-corrected chi connectivity index (χ2v) is 10.3. The van der Waals surface area contributed by atoms with E-state index in [0.29, 0.717) is 44.0 Å². The number of piperidine rings is 1. The molecule has 0 saturated carbocycles. The number of anilines is 3. The van der Waals surface area contributed by atoms with Gasteiger partial charge in [0.25, 0.3) is 5.56 Å². The topological polar surface area (TPSA) is 99.6 Å². The minimum absolute atomic E-state index is 0.0402. The summed E-state index contributed by atoms with van der Waals surface area (Å²) in [6.07, 6.45) is 1.33.